The highest BCUT2D eigenvalue weighted by Crippen LogP contribution is 2.04. The zero-order valence-corrected chi connectivity index (χ0v) is 9.05. The first-order valence-electron chi connectivity index (χ1n) is 4.71. The zero-order valence-electron chi connectivity index (χ0n) is 9.05. The van der Waals surface area contributed by atoms with Crippen LogP contribution in [0.2, 0.25) is 0 Å². The maximum absolute atomic E-state index is 10.9. The van der Waals surface area contributed by atoms with Gasteiger partial charge >= 0.3 is 0 Å². The smallest absolute Gasteiger partial charge is 0.154 e. The maximum Gasteiger partial charge on any atom is 0.154 e. The first kappa shape index (κ1) is 12.2. The fraction of sp³-hybridized carbons (Fsp3) is 0.700. The van der Waals surface area contributed by atoms with Gasteiger partial charge in [0.2, 0.25) is 0 Å². The van der Waals surface area contributed by atoms with Crippen LogP contribution >= 0.6 is 0 Å². The van der Waals surface area contributed by atoms with Crippen LogP contribution in [0.15, 0.2) is 11.8 Å². The Hall–Kier alpha value is -0.830. The van der Waals surface area contributed by atoms with E-state index in [1.165, 1.54) is 0 Å². The second-order valence-corrected chi connectivity index (χ2v) is 3.39. The van der Waals surface area contributed by atoms with Gasteiger partial charge in [0, 0.05) is 25.9 Å². The van der Waals surface area contributed by atoms with Crippen molar-refractivity contribution in [2.75, 3.05) is 14.1 Å². The molecule has 0 aromatic carbocycles. The highest BCUT2D eigenvalue weighted by atomic mass is 16.1. The number of allylic oxidation sites excluding steroid dienone is 2. The fourth-order valence-electron chi connectivity index (χ4n) is 1.06. The second-order valence-electron chi connectivity index (χ2n) is 3.39. The number of rotatable bonds is 6. The van der Waals surface area contributed by atoms with Crippen molar-refractivity contribution in [2.24, 2.45) is 0 Å². The van der Waals surface area contributed by atoms with Crippen LogP contribution in [0, 0.1) is 0 Å². The number of carbonyl (C=O) groups excluding carboxylic acids is 1. The molecule has 3 nitrogen and oxygen atoms in total. The molecule has 1 N–H and O–H groups in total. The van der Waals surface area contributed by atoms with Crippen LogP contribution in [-0.4, -0.2) is 24.9 Å². The van der Waals surface area contributed by atoms with Crippen LogP contribution in [0.3, 0.4) is 0 Å². The van der Waals surface area contributed by atoms with E-state index in [9.17, 15) is 4.79 Å². The minimum atomic E-state index is 0.0976. The monoisotopic (exact) mass is 184 g/mol. The van der Waals surface area contributed by atoms with Crippen molar-refractivity contribution in [3.8, 4) is 0 Å². The van der Waals surface area contributed by atoms with E-state index in [4.69, 9.17) is 0 Å². The van der Waals surface area contributed by atoms with E-state index in [1.54, 1.807) is 13.0 Å². The predicted octanol–water partition coefficient (Wildman–Crippen LogP) is 1.72. The molecule has 0 atom stereocenters. The Balaban J connectivity index is 4.10. The molecule has 0 aliphatic heterocycles. The SMILES string of the molecule is CCCC/C(=C/C(C)=O)NN(C)C. The lowest BCUT2D eigenvalue weighted by molar-refractivity contribution is -0.112. The van der Waals surface area contributed by atoms with E-state index in [0.29, 0.717) is 0 Å². The van der Waals surface area contributed by atoms with Gasteiger partial charge in [0.15, 0.2) is 5.78 Å². The third-order valence-corrected chi connectivity index (χ3v) is 1.54. The summed E-state index contributed by atoms with van der Waals surface area (Å²) in [5.41, 5.74) is 4.12. The average molecular weight is 184 g/mol. The summed E-state index contributed by atoms with van der Waals surface area (Å²) >= 11 is 0. The molecule has 0 aliphatic rings. The van der Waals surface area contributed by atoms with Gasteiger partial charge in [-0.15, -0.1) is 0 Å². The number of nitrogens with one attached hydrogen (secondary N) is 1. The molecular formula is C10H20N2O. The van der Waals surface area contributed by atoms with Gasteiger partial charge in [0.05, 0.1) is 0 Å². The molecule has 0 bridgehead atoms. The Morgan fingerprint density at radius 2 is 2.08 bits per heavy atom. The van der Waals surface area contributed by atoms with E-state index >= 15 is 0 Å². The van der Waals surface area contributed by atoms with Crippen molar-refractivity contribution >= 4 is 5.78 Å². The summed E-state index contributed by atoms with van der Waals surface area (Å²) in [7, 11) is 3.83. The van der Waals surface area contributed by atoms with Crippen LogP contribution < -0.4 is 5.43 Å². The van der Waals surface area contributed by atoms with E-state index < -0.39 is 0 Å². The lowest BCUT2D eigenvalue weighted by Crippen LogP contribution is -2.30. The van der Waals surface area contributed by atoms with Gasteiger partial charge in [0.1, 0.15) is 0 Å². The lowest BCUT2D eigenvalue weighted by atomic mass is 10.2. The van der Waals surface area contributed by atoms with Crippen molar-refractivity contribution in [1.82, 2.24) is 10.4 Å². The van der Waals surface area contributed by atoms with Crippen molar-refractivity contribution in [3.05, 3.63) is 11.8 Å². The summed E-state index contributed by atoms with van der Waals surface area (Å²) in [6, 6.07) is 0. The third kappa shape index (κ3) is 7.53. The zero-order chi connectivity index (χ0) is 10.3. The number of ketones is 1. The average Bonchev–Trinajstić information content (AvgIpc) is 1.98. The molecule has 0 heterocycles. The van der Waals surface area contributed by atoms with E-state index in [2.05, 4.69) is 12.3 Å². The Morgan fingerprint density at radius 1 is 1.46 bits per heavy atom. The first-order valence-corrected chi connectivity index (χ1v) is 4.71. The Bertz CT molecular complexity index is 185. The summed E-state index contributed by atoms with van der Waals surface area (Å²) in [5, 5.41) is 1.85. The molecule has 76 valence electrons. The topological polar surface area (TPSA) is 32.3 Å². The number of nitrogens with zero attached hydrogens (tertiary/aromatic N) is 1. The fourth-order valence-corrected chi connectivity index (χ4v) is 1.06. The molecule has 0 unspecified atom stereocenters. The summed E-state index contributed by atoms with van der Waals surface area (Å²) in [4.78, 5) is 10.9. The third-order valence-electron chi connectivity index (χ3n) is 1.54. The van der Waals surface area contributed by atoms with Crippen molar-refractivity contribution in [3.63, 3.8) is 0 Å². The molecule has 0 amide bonds. The minimum Gasteiger partial charge on any atom is -0.323 e. The van der Waals surface area contributed by atoms with Crippen LogP contribution in [0.4, 0.5) is 0 Å². The van der Waals surface area contributed by atoms with Crippen LogP contribution in [0.1, 0.15) is 33.1 Å². The molecule has 0 aromatic heterocycles. The minimum absolute atomic E-state index is 0.0976. The molecule has 0 aliphatic carbocycles. The van der Waals surface area contributed by atoms with Gasteiger partial charge in [0.25, 0.3) is 0 Å². The Labute approximate surface area is 80.8 Å². The van der Waals surface area contributed by atoms with Gasteiger partial charge < -0.3 is 5.43 Å². The second kappa shape index (κ2) is 6.66. The number of hydrogen-bond acceptors (Lipinski definition) is 3. The quantitative estimate of drug-likeness (QED) is 0.504. The summed E-state index contributed by atoms with van der Waals surface area (Å²) in [6.45, 7) is 3.71. The van der Waals surface area contributed by atoms with Crippen molar-refractivity contribution < 1.29 is 4.79 Å². The molecule has 0 saturated carbocycles. The molecule has 3 heteroatoms. The number of unbranched alkanes of at least 4 members (excludes halogenated alkanes) is 1. The molecule has 0 radical (unpaired) electrons. The highest BCUT2D eigenvalue weighted by molar-refractivity contribution is 5.87. The van der Waals surface area contributed by atoms with E-state index in [0.717, 1.165) is 25.0 Å². The normalized spacial score (nSPS) is 11.9. The molecule has 0 aromatic rings. The summed E-state index contributed by atoms with van der Waals surface area (Å²) < 4.78 is 0. The highest BCUT2D eigenvalue weighted by Gasteiger charge is 1.98. The predicted molar refractivity (Wildman–Crippen MR) is 55.1 cm³/mol. The van der Waals surface area contributed by atoms with Gasteiger partial charge in [-0.05, 0) is 19.8 Å². The van der Waals surface area contributed by atoms with Crippen LogP contribution in [0.25, 0.3) is 0 Å². The van der Waals surface area contributed by atoms with Crippen LogP contribution in [-0.2, 0) is 4.79 Å². The molecule has 13 heavy (non-hydrogen) atoms. The number of hydrazine groups is 1. The van der Waals surface area contributed by atoms with Gasteiger partial charge in [-0.3, -0.25) is 4.79 Å². The molecule has 0 rings (SSSR count). The summed E-state index contributed by atoms with van der Waals surface area (Å²) in [5.74, 6) is 0.0976. The molecular weight excluding hydrogens is 164 g/mol. The number of hydrogen-bond donors (Lipinski definition) is 1. The molecule has 0 fully saturated rings. The van der Waals surface area contributed by atoms with Gasteiger partial charge in [-0.25, -0.2) is 5.01 Å². The molecule has 0 spiro atoms. The lowest BCUT2D eigenvalue weighted by Gasteiger charge is -2.16. The Morgan fingerprint density at radius 3 is 2.46 bits per heavy atom. The van der Waals surface area contributed by atoms with E-state index in [-0.39, 0.29) is 5.78 Å². The standard InChI is InChI=1S/C10H20N2O/c1-5-6-7-10(8-9(2)13)11-12(3)4/h8,11H,5-7H2,1-4H3/b10-8-. The molecule has 0 saturated heterocycles. The maximum atomic E-state index is 10.9. The first-order chi connectivity index (χ1) is 6.06. The van der Waals surface area contributed by atoms with Gasteiger partial charge in [-0.2, -0.15) is 0 Å². The largest absolute Gasteiger partial charge is 0.323 e. The van der Waals surface area contributed by atoms with Crippen LogP contribution in [0.5, 0.6) is 0 Å². The summed E-state index contributed by atoms with van der Waals surface area (Å²) in [6.07, 6.45) is 4.86. The number of carbonyl (C=O) groups is 1. The van der Waals surface area contributed by atoms with Gasteiger partial charge in [-0.1, -0.05) is 13.3 Å². The van der Waals surface area contributed by atoms with E-state index in [1.807, 2.05) is 19.1 Å². The Kier molecular flexibility index (Phi) is 6.24. The van der Waals surface area contributed by atoms with Crippen molar-refractivity contribution in [2.45, 2.75) is 33.1 Å². The van der Waals surface area contributed by atoms with Crippen molar-refractivity contribution in [1.29, 1.82) is 0 Å².